The molecule has 0 unspecified atom stereocenters. The molecule has 1 aromatic rings. The Kier molecular flexibility index (Phi) is 5.56. The minimum atomic E-state index is 0.377. The Bertz CT molecular complexity index is 498. The number of hydrogen-bond donors (Lipinski definition) is 1. The number of thiocarbonyl (C=S) groups is 1. The molecule has 0 aliphatic carbocycles. The van der Waals surface area contributed by atoms with Crippen LogP contribution in [0.4, 0.5) is 0 Å². The first-order chi connectivity index (χ1) is 10.0. The second-order valence-electron chi connectivity index (χ2n) is 5.85. The molecule has 1 aliphatic rings. The van der Waals surface area contributed by atoms with Crippen LogP contribution in [0.2, 0.25) is 0 Å². The molecule has 2 rings (SSSR count). The van der Waals surface area contributed by atoms with Gasteiger partial charge in [-0.3, -0.25) is 4.90 Å². The van der Waals surface area contributed by atoms with E-state index in [1.165, 1.54) is 31.5 Å². The zero-order valence-corrected chi connectivity index (χ0v) is 13.9. The van der Waals surface area contributed by atoms with E-state index in [-0.39, 0.29) is 0 Å². The topological polar surface area (TPSA) is 41.7 Å². The molecule has 2 N–H and O–H groups in total. The summed E-state index contributed by atoms with van der Waals surface area (Å²) >= 11 is 5.04. The van der Waals surface area contributed by atoms with Gasteiger partial charge in [0.1, 0.15) is 10.7 Å². The molecule has 1 heterocycles. The van der Waals surface area contributed by atoms with E-state index in [0.29, 0.717) is 11.0 Å². The van der Waals surface area contributed by atoms with Gasteiger partial charge in [0.05, 0.1) is 12.7 Å². The maximum Gasteiger partial charge on any atom is 0.129 e. The van der Waals surface area contributed by atoms with Crippen LogP contribution in [-0.4, -0.2) is 55.1 Å². The number of hydrogen-bond acceptors (Lipinski definition) is 4. The van der Waals surface area contributed by atoms with Crippen molar-refractivity contribution in [2.75, 3.05) is 34.3 Å². The van der Waals surface area contributed by atoms with Crippen molar-refractivity contribution in [1.82, 2.24) is 9.80 Å². The van der Waals surface area contributed by atoms with Gasteiger partial charge in [-0.15, -0.1) is 0 Å². The quantitative estimate of drug-likeness (QED) is 0.841. The lowest BCUT2D eigenvalue weighted by molar-refractivity contribution is 0.139. The van der Waals surface area contributed by atoms with Crippen LogP contribution in [0, 0.1) is 0 Å². The fourth-order valence-corrected chi connectivity index (χ4v) is 3.06. The predicted molar refractivity (Wildman–Crippen MR) is 90.9 cm³/mol. The predicted octanol–water partition coefficient (Wildman–Crippen LogP) is 1.86. The molecular weight excluding hydrogens is 282 g/mol. The second-order valence-corrected chi connectivity index (χ2v) is 6.29. The van der Waals surface area contributed by atoms with Crippen LogP contribution >= 0.6 is 12.2 Å². The van der Waals surface area contributed by atoms with Crippen molar-refractivity contribution >= 4 is 17.2 Å². The van der Waals surface area contributed by atoms with Gasteiger partial charge in [0, 0.05) is 12.6 Å². The molecule has 1 aromatic carbocycles. The second kappa shape index (κ2) is 7.20. The van der Waals surface area contributed by atoms with Crippen molar-refractivity contribution in [1.29, 1.82) is 0 Å². The van der Waals surface area contributed by atoms with Gasteiger partial charge in [-0.1, -0.05) is 18.3 Å². The molecule has 0 radical (unpaired) electrons. The molecule has 0 amide bonds. The molecule has 0 atom stereocenters. The molecule has 5 heteroatoms. The fraction of sp³-hybridized carbons (Fsp3) is 0.562. The van der Waals surface area contributed by atoms with Crippen LogP contribution in [0.5, 0.6) is 5.75 Å². The van der Waals surface area contributed by atoms with E-state index in [9.17, 15) is 0 Å². The van der Waals surface area contributed by atoms with Gasteiger partial charge in [-0.05, 0) is 57.7 Å². The van der Waals surface area contributed by atoms with E-state index in [1.807, 2.05) is 12.1 Å². The molecule has 0 bridgehead atoms. The number of rotatable bonds is 5. The van der Waals surface area contributed by atoms with Crippen LogP contribution in [-0.2, 0) is 6.54 Å². The lowest BCUT2D eigenvalue weighted by Crippen LogP contribution is -2.41. The van der Waals surface area contributed by atoms with Gasteiger partial charge < -0.3 is 15.4 Å². The molecule has 116 valence electrons. The Morgan fingerprint density at radius 2 is 2.10 bits per heavy atom. The van der Waals surface area contributed by atoms with E-state index in [1.54, 1.807) is 7.11 Å². The Morgan fingerprint density at radius 1 is 1.43 bits per heavy atom. The maximum atomic E-state index is 5.71. The highest BCUT2D eigenvalue weighted by atomic mass is 32.1. The average Bonchev–Trinajstić information content (AvgIpc) is 2.47. The average molecular weight is 307 g/mol. The third kappa shape index (κ3) is 4.15. The minimum absolute atomic E-state index is 0.377. The first-order valence-electron chi connectivity index (χ1n) is 7.36. The first kappa shape index (κ1) is 16.2. The van der Waals surface area contributed by atoms with Crippen molar-refractivity contribution < 1.29 is 4.74 Å². The highest BCUT2D eigenvalue weighted by Crippen LogP contribution is 2.22. The lowest BCUT2D eigenvalue weighted by Gasteiger charge is -2.35. The van der Waals surface area contributed by atoms with Crippen LogP contribution in [0.15, 0.2) is 18.2 Å². The standard InChI is InChI=1S/C16H25N3OS/c1-18-8-6-13(7-9-18)19(2)11-12-4-5-14(16(17)21)15(10-12)20-3/h4-5,10,13H,6-9,11H2,1-3H3,(H2,17,21). The summed E-state index contributed by atoms with van der Waals surface area (Å²) in [5.74, 6) is 0.761. The van der Waals surface area contributed by atoms with Crippen molar-refractivity contribution in [3.8, 4) is 5.75 Å². The summed E-state index contributed by atoms with van der Waals surface area (Å²) in [6.07, 6.45) is 2.46. The largest absolute Gasteiger partial charge is 0.496 e. The number of nitrogens with zero attached hydrogens (tertiary/aromatic N) is 2. The van der Waals surface area contributed by atoms with E-state index < -0.39 is 0 Å². The van der Waals surface area contributed by atoms with Gasteiger partial charge >= 0.3 is 0 Å². The Balaban J connectivity index is 2.03. The van der Waals surface area contributed by atoms with Gasteiger partial charge in [-0.2, -0.15) is 0 Å². The van der Waals surface area contributed by atoms with E-state index in [0.717, 1.165) is 17.9 Å². The van der Waals surface area contributed by atoms with Crippen LogP contribution in [0.25, 0.3) is 0 Å². The van der Waals surface area contributed by atoms with Crippen molar-refractivity contribution in [3.05, 3.63) is 29.3 Å². The lowest BCUT2D eigenvalue weighted by atomic mass is 10.0. The first-order valence-corrected chi connectivity index (χ1v) is 7.77. The Labute approximate surface area is 132 Å². The van der Waals surface area contributed by atoms with E-state index in [4.69, 9.17) is 22.7 Å². The summed E-state index contributed by atoms with van der Waals surface area (Å²) in [5, 5.41) is 0. The molecule has 1 fully saturated rings. The smallest absolute Gasteiger partial charge is 0.129 e. The van der Waals surface area contributed by atoms with Gasteiger partial charge in [0.15, 0.2) is 0 Å². The molecule has 1 saturated heterocycles. The number of likely N-dealkylation sites (tertiary alicyclic amines) is 1. The summed E-state index contributed by atoms with van der Waals surface area (Å²) < 4.78 is 5.40. The van der Waals surface area contributed by atoms with Gasteiger partial charge in [-0.25, -0.2) is 0 Å². The van der Waals surface area contributed by atoms with Crippen LogP contribution in [0.3, 0.4) is 0 Å². The summed E-state index contributed by atoms with van der Waals surface area (Å²) in [6, 6.07) is 6.74. The van der Waals surface area contributed by atoms with Gasteiger partial charge in [0.2, 0.25) is 0 Å². The Hall–Kier alpha value is -1.17. The highest BCUT2D eigenvalue weighted by Gasteiger charge is 2.20. The number of nitrogens with two attached hydrogens (primary N) is 1. The van der Waals surface area contributed by atoms with Crippen LogP contribution < -0.4 is 10.5 Å². The summed E-state index contributed by atoms with van der Waals surface area (Å²) in [7, 11) is 6.04. The van der Waals surface area contributed by atoms with E-state index in [2.05, 4.69) is 30.0 Å². The Morgan fingerprint density at radius 3 is 2.67 bits per heavy atom. The molecule has 0 saturated carbocycles. The fourth-order valence-electron chi connectivity index (χ4n) is 2.89. The molecule has 0 spiro atoms. The normalized spacial score (nSPS) is 17.1. The molecule has 1 aliphatic heterocycles. The van der Waals surface area contributed by atoms with Crippen LogP contribution in [0.1, 0.15) is 24.0 Å². The number of benzene rings is 1. The third-order valence-electron chi connectivity index (χ3n) is 4.27. The number of ether oxygens (including phenoxy) is 1. The number of methoxy groups -OCH3 is 1. The summed E-state index contributed by atoms with van der Waals surface area (Å²) in [5.41, 5.74) is 7.74. The SMILES string of the molecule is COc1cc(CN(C)C2CCN(C)CC2)ccc1C(N)=S. The van der Waals surface area contributed by atoms with E-state index >= 15 is 0 Å². The molecule has 0 aromatic heterocycles. The third-order valence-corrected chi connectivity index (χ3v) is 4.49. The number of piperidine rings is 1. The maximum absolute atomic E-state index is 5.71. The van der Waals surface area contributed by atoms with Gasteiger partial charge in [0.25, 0.3) is 0 Å². The molecule has 4 nitrogen and oxygen atoms in total. The van der Waals surface area contributed by atoms with Crippen molar-refractivity contribution in [2.45, 2.75) is 25.4 Å². The highest BCUT2D eigenvalue weighted by molar-refractivity contribution is 7.80. The molecular formula is C16H25N3OS. The minimum Gasteiger partial charge on any atom is -0.496 e. The monoisotopic (exact) mass is 307 g/mol. The zero-order chi connectivity index (χ0) is 15.4. The molecule has 21 heavy (non-hydrogen) atoms. The van der Waals surface area contributed by atoms with Crippen molar-refractivity contribution in [2.24, 2.45) is 5.73 Å². The van der Waals surface area contributed by atoms with Crippen molar-refractivity contribution in [3.63, 3.8) is 0 Å². The summed E-state index contributed by atoms with van der Waals surface area (Å²) in [4.78, 5) is 5.20. The summed E-state index contributed by atoms with van der Waals surface area (Å²) in [6.45, 7) is 3.28. The zero-order valence-electron chi connectivity index (χ0n) is 13.1.